The molecule has 1 aliphatic rings. The Kier molecular flexibility index (Phi) is 4.93. The molecular weight excluding hydrogens is 306 g/mol. The van der Waals surface area contributed by atoms with Crippen molar-refractivity contribution in [2.24, 2.45) is 0 Å². The first-order valence-corrected chi connectivity index (χ1v) is 8.18. The zero-order chi connectivity index (χ0) is 16.9. The molecule has 2 aromatic rings. The normalized spacial score (nSPS) is 14.8. The second-order valence-corrected chi connectivity index (χ2v) is 5.86. The van der Waals surface area contributed by atoms with E-state index in [0.29, 0.717) is 31.4 Å². The highest BCUT2D eigenvalue weighted by atomic mass is 16.5. The largest absolute Gasteiger partial charge is 0.512 e. The molecule has 1 aromatic heterocycles. The van der Waals surface area contributed by atoms with E-state index < -0.39 is 5.97 Å². The van der Waals surface area contributed by atoms with Gasteiger partial charge in [0.15, 0.2) is 0 Å². The molecule has 0 amide bonds. The standard InChI is InChI=1S/C18H21N3O3/c1-2-14-9-13(3-5-15(14)10-21-12-19-11-20-21)4-6-16-17(22)7-8-24-18(16)23/h3,5,9,11-12,22H,2,4,6-8,10H2,1H3. The van der Waals surface area contributed by atoms with Crippen LogP contribution in [-0.4, -0.2) is 32.4 Å². The second kappa shape index (κ2) is 7.29. The maximum Gasteiger partial charge on any atom is 0.337 e. The molecule has 0 aliphatic carbocycles. The van der Waals surface area contributed by atoms with Crippen LogP contribution in [0, 0.1) is 0 Å². The zero-order valence-electron chi connectivity index (χ0n) is 13.7. The van der Waals surface area contributed by atoms with Gasteiger partial charge in [-0.25, -0.2) is 14.5 Å². The topological polar surface area (TPSA) is 77.2 Å². The summed E-state index contributed by atoms with van der Waals surface area (Å²) in [5.74, 6) is -0.220. The monoisotopic (exact) mass is 327 g/mol. The third kappa shape index (κ3) is 3.64. The Labute approximate surface area is 140 Å². The lowest BCUT2D eigenvalue weighted by Crippen LogP contribution is -2.18. The van der Waals surface area contributed by atoms with Crippen molar-refractivity contribution in [3.63, 3.8) is 0 Å². The number of nitrogens with zero attached hydrogens (tertiary/aromatic N) is 3. The average molecular weight is 327 g/mol. The molecule has 0 bridgehead atoms. The Morgan fingerprint density at radius 2 is 2.17 bits per heavy atom. The van der Waals surface area contributed by atoms with Gasteiger partial charge in [0, 0.05) is 6.42 Å². The predicted octanol–water partition coefficient (Wildman–Crippen LogP) is 2.58. The minimum atomic E-state index is -0.391. The van der Waals surface area contributed by atoms with Crippen LogP contribution < -0.4 is 0 Å². The van der Waals surface area contributed by atoms with E-state index in [9.17, 15) is 9.90 Å². The van der Waals surface area contributed by atoms with Crippen LogP contribution in [0.3, 0.4) is 0 Å². The highest BCUT2D eigenvalue weighted by Crippen LogP contribution is 2.21. The van der Waals surface area contributed by atoms with Crippen molar-refractivity contribution in [2.75, 3.05) is 6.61 Å². The molecule has 0 spiro atoms. The van der Waals surface area contributed by atoms with Gasteiger partial charge in [0.2, 0.25) is 0 Å². The Hall–Kier alpha value is -2.63. The van der Waals surface area contributed by atoms with E-state index in [4.69, 9.17) is 4.74 Å². The molecule has 1 aromatic carbocycles. The lowest BCUT2D eigenvalue weighted by atomic mass is 9.97. The Morgan fingerprint density at radius 1 is 1.29 bits per heavy atom. The fourth-order valence-electron chi connectivity index (χ4n) is 2.92. The van der Waals surface area contributed by atoms with E-state index in [0.717, 1.165) is 12.0 Å². The number of esters is 1. The summed E-state index contributed by atoms with van der Waals surface area (Å²) < 4.78 is 6.80. The summed E-state index contributed by atoms with van der Waals surface area (Å²) in [6, 6.07) is 6.33. The van der Waals surface area contributed by atoms with E-state index in [2.05, 4.69) is 35.2 Å². The summed E-state index contributed by atoms with van der Waals surface area (Å²) in [5.41, 5.74) is 4.03. The lowest BCUT2D eigenvalue weighted by molar-refractivity contribution is -0.140. The van der Waals surface area contributed by atoms with E-state index in [1.165, 1.54) is 17.5 Å². The first kappa shape index (κ1) is 16.2. The number of rotatable bonds is 6. The summed E-state index contributed by atoms with van der Waals surface area (Å²) >= 11 is 0. The minimum absolute atomic E-state index is 0.171. The third-order valence-corrected chi connectivity index (χ3v) is 4.28. The van der Waals surface area contributed by atoms with Crippen LogP contribution in [0.15, 0.2) is 42.2 Å². The van der Waals surface area contributed by atoms with Crippen LogP contribution in [0.25, 0.3) is 0 Å². The van der Waals surface area contributed by atoms with Gasteiger partial charge in [0.25, 0.3) is 0 Å². The zero-order valence-corrected chi connectivity index (χ0v) is 13.7. The molecule has 6 heteroatoms. The molecule has 2 heterocycles. The molecule has 0 saturated carbocycles. The summed E-state index contributed by atoms with van der Waals surface area (Å²) in [5, 5.41) is 14.0. The molecule has 6 nitrogen and oxygen atoms in total. The number of aliphatic hydroxyl groups excluding tert-OH is 1. The smallest absolute Gasteiger partial charge is 0.337 e. The van der Waals surface area contributed by atoms with Crippen molar-refractivity contribution in [1.82, 2.24) is 14.8 Å². The minimum Gasteiger partial charge on any atom is -0.512 e. The molecular formula is C18H21N3O3. The van der Waals surface area contributed by atoms with Gasteiger partial charge in [0.05, 0.1) is 18.7 Å². The maximum atomic E-state index is 11.7. The molecule has 0 saturated heterocycles. The number of aryl methyl sites for hydroxylation is 2. The predicted molar refractivity (Wildman–Crippen MR) is 88.5 cm³/mol. The Balaban J connectivity index is 1.71. The molecule has 1 aliphatic heterocycles. The van der Waals surface area contributed by atoms with Crippen LogP contribution >= 0.6 is 0 Å². The second-order valence-electron chi connectivity index (χ2n) is 5.86. The highest BCUT2D eigenvalue weighted by Gasteiger charge is 2.21. The molecule has 0 radical (unpaired) electrons. The van der Waals surface area contributed by atoms with Gasteiger partial charge in [-0.15, -0.1) is 0 Å². The number of ether oxygens (including phenoxy) is 1. The quantitative estimate of drug-likeness (QED) is 0.825. The van der Waals surface area contributed by atoms with Gasteiger partial charge in [-0.2, -0.15) is 5.10 Å². The van der Waals surface area contributed by atoms with Crippen molar-refractivity contribution in [2.45, 2.75) is 39.2 Å². The van der Waals surface area contributed by atoms with E-state index in [1.54, 1.807) is 11.0 Å². The number of aliphatic hydroxyl groups is 1. The van der Waals surface area contributed by atoms with Crippen molar-refractivity contribution in [3.8, 4) is 0 Å². The summed E-state index contributed by atoms with van der Waals surface area (Å²) in [6.07, 6.45) is 5.77. The summed E-state index contributed by atoms with van der Waals surface area (Å²) in [6.45, 7) is 3.09. The molecule has 0 atom stereocenters. The molecule has 126 valence electrons. The number of carbonyl (C=O) groups is 1. The van der Waals surface area contributed by atoms with E-state index in [-0.39, 0.29) is 12.4 Å². The number of cyclic esters (lactones) is 1. The highest BCUT2D eigenvalue weighted by molar-refractivity contribution is 5.89. The van der Waals surface area contributed by atoms with Gasteiger partial charge in [-0.05, 0) is 36.0 Å². The van der Waals surface area contributed by atoms with Crippen molar-refractivity contribution in [1.29, 1.82) is 0 Å². The van der Waals surface area contributed by atoms with Crippen LogP contribution in [0.1, 0.15) is 36.5 Å². The summed E-state index contributed by atoms with van der Waals surface area (Å²) in [7, 11) is 0. The number of hydrogen-bond acceptors (Lipinski definition) is 5. The number of benzene rings is 1. The van der Waals surface area contributed by atoms with Gasteiger partial charge < -0.3 is 9.84 Å². The van der Waals surface area contributed by atoms with Crippen LogP contribution in [0.5, 0.6) is 0 Å². The molecule has 24 heavy (non-hydrogen) atoms. The van der Waals surface area contributed by atoms with Crippen molar-refractivity contribution < 1.29 is 14.6 Å². The first-order valence-electron chi connectivity index (χ1n) is 8.18. The van der Waals surface area contributed by atoms with Gasteiger partial charge in [0.1, 0.15) is 18.4 Å². The Bertz CT molecular complexity index is 751. The number of hydrogen-bond donors (Lipinski definition) is 1. The van der Waals surface area contributed by atoms with Crippen molar-refractivity contribution in [3.05, 3.63) is 58.9 Å². The number of aromatic nitrogens is 3. The molecule has 1 N–H and O–H groups in total. The Morgan fingerprint density at radius 3 is 2.88 bits per heavy atom. The van der Waals surface area contributed by atoms with Crippen LogP contribution in [-0.2, 0) is 28.9 Å². The average Bonchev–Trinajstić information content (AvgIpc) is 3.08. The van der Waals surface area contributed by atoms with Crippen molar-refractivity contribution >= 4 is 5.97 Å². The SMILES string of the molecule is CCc1cc(CCC2=C(O)CCOC2=O)ccc1Cn1cncn1. The van der Waals surface area contributed by atoms with Gasteiger partial charge in [-0.1, -0.05) is 25.1 Å². The van der Waals surface area contributed by atoms with E-state index in [1.807, 2.05) is 0 Å². The lowest BCUT2D eigenvalue weighted by Gasteiger charge is -2.16. The fourth-order valence-corrected chi connectivity index (χ4v) is 2.92. The maximum absolute atomic E-state index is 11.7. The third-order valence-electron chi connectivity index (χ3n) is 4.28. The van der Waals surface area contributed by atoms with Crippen LogP contribution in [0.4, 0.5) is 0 Å². The van der Waals surface area contributed by atoms with Gasteiger partial charge in [-0.3, -0.25) is 0 Å². The van der Waals surface area contributed by atoms with Crippen LogP contribution in [0.2, 0.25) is 0 Å². The first-order chi connectivity index (χ1) is 11.7. The van der Waals surface area contributed by atoms with E-state index >= 15 is 0 Å². The number of carbonyl (C=O) groups excluding carboxylic acids is 1. The molecule has 0 fully saturated rings. The molecule has 0 unspecified atom stereocenters. The summed E-state index contributed by atoms with van der Waals surface area (Å²) in [4.78, 5) is 15.7. The molecule has 3 rings (SSSR count). The van der Waals surface area contributed by atoms with Gasteiger partial charge >= 0.3 is 5.97 Å². The fraction of sp³-hybridized carbons (Fsp3) is 0.389.